The minimum Gasteiger partial charge on any atom is -0.338 e. The van der Waals surface area contributed by atoms with E-state index in [0.717, 1.165) is 31.4 Å². The monoisotopic (exact) mass is 351 g/mol. The molecule has 2 N–H and O–H groups in total. The fourth-order valence-electron chi connectivity index (χ4n) is 3.59. The Balaban J connectivity index is 1.86. The Morgan fingerprint density at radius 2 is 2.08 bits per heavy atom. The van der Waals surface area contributed by atoms with E-state index in [0.29, 0.717) is 30.9 Å². The fraction of sp³-hybridized carbons (Fsp3) is 0.588. The highest BCUT2D eigenvalue weighted by molar-refractivity contribution is 7.92. The van der Waals surface area contributed by atoms with Crippen LogP contribution in [0.15, 0.2) is 18.2 Å². The SMILES string of the molecule is CC1(CN)CCN(C(=O)c2ccc3c(c2)CCCN3S(C)(=O)=O)C1. The van der Waals surface area contributed by atoms with Crippen molar-refractivity contribution in [2.75, 3.05) is 36.7 Å². The summed E-state index contributed by atoms with van der Waals surface area (Å²) in [6.45, 7) is 4.58. The number of nitrogens with zero attached hydrogens (tertiary/aromatic N) is 2. The summed E-state index contributed by atoms with van der Waals surface area (Å²) < 4.78 is 25.3. The summed E-state index contributed by atoms with van der Waals surface area (Å²) in [7, 11) is -3.28. The zero-order valence-electron chi connectivity index (χ0n) is 14.3. The van der Waals surface area contributed by atoms with E-state index >= 15 is 0 Å². The lowest BCUT2D eigenvalue weighted by Crippen LogP contribution is -2.36. The average Bonchev–Trinajstić information content (AvgIpc) is 2.95. The van der Waals surface area contributed by atoms with Crippen molar-refractivity contribution in [3.05, 3.63) is 29.3 Å². The van der Waals surface area contributed by atoms with Crippen LogP contribution in [-0.4, -0.2) is 51.7 Å². The van der Waals surface area contributed by atoms with Crippen LogP contribution in [0.4, 0.5) is 5.69 Å². The van der Waals surface area contributed by atoms with E-state index in [4.69, 9.17) is 5.73 Å². The second-order valence-corrected chi connectivity index (χ2v) is 9.18. The van der Waals surface area contributed by atoms with Crippen LogP contribution >= 0.6 is 0 Å². The number of amides is 1. The molecule has 1 amide bonds. The summed E-state index contributed by atoms with van der Waals surface area (Å²) in [6.07, 6.45) is 3.71. The van der Waals surface area contributed by atoms with Crippen molar-refractivity contribution < 1.29 is 13.2 Å². The minimum atomic E-state index is -3.28. The lowest BCUT2D eigenvalue weighted by molar-refractivity contribution is 0.0777. The van der Waals surface area contributed by atoms with Crippen molar-refractivity contribution in [2.45, 2.75) is 26.2 Å². The molecule has 0 saturated carbocycles. The van der Waals surface area contributed by atoms with Gasteiger partial charge >= 0.3 is 0 Å². The molecular weight excluding hydrogens is 326 g/mol. The van der Waals surface area contributed by atoms with Crippen LogP contribution in [0.3, 0.4) is 0 Å². The number of hydrogen-bond acceptors (Lipinski definition) is 4. The second-order valence-electron chi connectivity index (χ2n) is 7.27. The third kappa shape index (κ3) is 3.15. The highest BCUT2D eigenvalue weighted by Crippen LogP contribution is 2.32. The Hall–Kier alpha value is -1.60. The number of sulfonamides is 1. The first kappa shape index (κ1) is 17.2. The van der Waals surface area contributed by atoms with Gasteiger partial charge in [0.1, 0.15) is 0 Å². The maximum Gasteiger partial charge on any atom is 0.253 e. The third-order valence-electron chi connectivity index (χ3n) is 5.14. The second kappa shape index (κ2) is 6.04. The lowest BCUT2D eigenvalue weighted by Gasteiger charge is -2.29. The maximum absolute atomic E-state index is 12.8. The summed E-state index contributed by atoms with van der Waals surface area (Å²) in [5.74, 6) is 0.00598. The van der Waals surface area contributed by atoms with Crippen LogP contribution < -0.4 is 10.0 Å². The van der Waals surface area contributed by atoms with Crippen LogP contribution in [0, 0.1) is 5.41 Å². The summed E-state index contributed by atoms with van der Waals surface area (Å²) in [5.41, 5.74) is 8.07. The lowest BCUT2D eigenvalue weighted by atomic mass is 9.90. The van der Waals surface area contributed by atoms with Gasteiger partial charge in [0.2, 0.25) is 10.0 Å². The summed E-state index contributed by atoms with van der Waals surface area (Å²) in [6, 6.07) is 5.36. The highest BCUT2D eigenvalue weighted by atomic mass is 32.2. The first-order valence-corrected chi connectivity index (χ1v) is 10.2. The molecule has 0 aromatic heterocycles. The van der Waals surface area contributed by atoms with Crippen molar-refractivity contribution in [1.29, 1.82) is 0 Å². The summed E-state index contributed by atoms with van der Waals surface area (Å²) in [5, 5.41) is 0. The molecule has 6 nitrogen and oxygen atoms in total. The van der Waals surface area contributed by atoms with E-state index in [1.807, 2.05) is 11.0 Å². The van der Waals surface area contributed by atoms with E-state index in [2.05, 4.69) is 6.92 Å². The predicted octanol–water partition coefficient (Wildman–Crippen LogP) is 1.21. The van der Waals surface area contributed by atoms with Crippen molar-refractivity contribution >= 4 is 21.6 Å². The number of carbonyl (C=O) groups is 1. The van der Waals surface area contributed by atoms with Gasteiger partial charge in [-0.2, -0.15) is 0 Å². The molecule has 0 aliphatic carbocycles. The summed E-state index contributed by atoms with van der Waals surface area (Å²) in [4.78, 5) is 14.6. The number of carbonyl (C=O) groups excluding carboxylic acids is 1. The smallest absolute Gasteiger partial charge is 0.253 e. The zero-order chi connectivity index (χ0) is 17.5. The molecular formula is C17H25N3O3S. The number of likely N-dealkylation sites (tertiary alicyclic amines) is 1. The molecule has 24 heavy (non-hydrogen) atoms. The van der Waals surface area contributed by atoms with E-state index in [-0.39, 0.29) is 11.3 Å². The third-order valence-corrected chi connectivity index (χ3v) is 6.32. The first-order chi connectivity index (χ1) is 11.2. The standard InChI is InChI=1S/C17H25N3O3S/c1-17(11-18)7-9-19(12-17)16(21)14-5-6-15-13(10-14)4-3-8-20(15)24(2,22)23/h5-6,10H,3-4,7-9,11-12,18H2,1-2H3. The van der Waals surface area contributed by atoms with Gasteiger partial charge in [-0.1, -0.05) is 6.92 Å². The quantitative estimate of drug-likeness (QED) is 0.887. The van der Waals surface area contributed by atoms with Crippen molar-refractivity contribution in [2.24, 2.45) is 11.1 Å². The van der Waals surface area contributed by atoms with Crippen molar-refractivity contribution in [3.63, 3.8) is 0 Å². The number of aryl methyl sites for hydroxylation is 1. The molecule has 0 spiro atoms. The molecule has 1 aromatic rings. The number of fused-ring (bicyclic) bond motifs is 1. The van der Waals surface area contributed by atoms with Gasteiger partial charge in [-0.3, -0.25) is 9.10 Å². The Labute approximate surface area is 143 Å². The molecule has 3 rings (SSSR count). The van der Waals surface area contributed by atoms with Crippen LogP contribution in [-0.2, 0) is 16.4 Å². The fourth-order valence-corrected chi connectivity index (χ4v) is 4.58. The first-order valence-electron chi connectivity index (χ1n) is 8.33. The van der Waals surface area contributed by atoms with Crippen LogP contribution in [0.5, 0.6) is 0 Å². The molecule has 0 radical (unpaired) electrons. The number of anilines is 1. The van der Waals surface area contributed by atoms with E-state index < -0.39 is 10.0 Å². The Morgan fingerprint density at radius 3 is 2.71 bits per heavy atom. The molecule has 2 aliphatic heterocycles. The number of benzene rings is 1. The maximum atomic E-state index is 12.8. The Kier molecular flexibility index (Phi) is 4.34. The summed E-state index contributed by atoms with van der Waals surface area (Å²) >= 11 is 0. The van der Waals surface area contributed by atoms with Crippen molar-refractivity contribution in [3.8, 4) is 0 Å². The van der Waals surface area contributed by atoms with E-state index in [1.165, 1.54) is 10.6 Å². The zero-order valence-corrected chi connectivity index (χ0v) is 15.1. The van der Waals surface area contributed by atoms with Crippen LogP contribution in [0.25, 0.3) is 0 Å². The molecule has 1 unspecified atom stereocenters. The molecule has 1 saturated heterocycles. The predicted molar refractivity (Wildman–Crippen MR) is 94.6 cm³/mol. The topological polar surface area (TPSA) is 83.7 Å². The molecule has 1 atom stereocenters. The number of rotatable bonds is 3. The Bertz CT molecular complexity index is 762. The van der Waals surface area contributed by atoms with Gasteiger partial charge in [-0.25, -0.2) is 8.42 Å². The van der Waals surface area contributed by atoms with E-state index in [9.17, 15) is 13.2 Å². The van der Waals surface area contributed by atoms with Crippen LogP contribution in [0.2, 0.25) is 0 Å². The van der Waals surface area contributed by atoms with Crippen LogP contribution in [0.1, 0.15) is 35.7 Å². The molecule has 132 valence electrons. The van der Waals surface area contributed by atoms with Gasteiger partial charge in [0, 0.05) is 25.2 Å². The highest BCUT2D eigenvalue weighted by Gasteiger charge is 2.35. The molecule has 7 heteroatoms. The van der Waals surface area contributed by atoms with Gasteiger partial charge in [0.05, 0.1) is 11.9 Å². The largest absolute Gasteiger partial charge is 0.338 e. The normalized spacial score (nSPS) is 24.1. The van der Waals surface area contributed by atoms with Gasteiger partial charge < -0.3 is 10.6 Å². The number of nitrogens with two attached hydrogens (primary N) is 1. The molecule has 2 heterocycles. The molecule has 1 fully saturated rings. The molecule has 0 bridgehead atoms. The van der Waals surface area contributed by atoms with E-state index in [1.54, 1.807) is 12.1 Å². The van der Waals surface area contributed by atoms with Gasteiger partial charge in [0.15, 0.2) is 0 Å². The molecule has 1 aromatic carbocycles. The Morgan fingerprint density at radius 1 is 1.33 bits per heavy atom. The van der Waals surface area contributed by atoms with Gasteiger partial charge in [-0.05, 0) is 55.0 Å². The number of hydrogen-bond donors (Lipinski definition) is 1. The van der Waals surface area contributed by atoms with Gasteiger partial charge in [0.25, 0.3) is 5.91 Å². The molecule has 2 aliphatic rings. The van der Waals surface area contributed by atoms with Crippen molar-refractivity contribution in [1.82, 2.24) is 4.90 Å². The minimum absolute atomic E-state index is 0.00302. The van der Waals surface area contributed by atoms with Gasteiger partial charge in [-0.15, -0.1) is 0 Å². The average molecular weight is 351 g/mol.